The Bertz CT molecular complexity index is 3190. The van der Waals surface area contributed by atoms with Crippen molar-refractivity contribution in [3.63, 3.8) is 0 Å². The lowest BCUT2D eigenvalue weighted by molar-refractivity contribution is 0.670. The highest BCUT2D eigenvalue weighted by Crippen LogP contribution is 2.42. The lowest BCUT2D eigenvalue weighted by Gasteiger charge is -2.26. The topological polar surface area (TPSA) is 16.4 Å². The van der Waals surface area contributed by atoms with Crippen LogP contribution in [0.15, 0.2) is 229 Å². The summed E-state index contributed by atoms with van der Waals surface area (Å²) in [5, 5.41) is 2.30. The minimum absolute atomic E-state index is 0.920. The summed E-state index contributed by atoms with van der Waals surface area (Å²) in [6.45, 7) is 0. The zero-order valence-corrected chi connectivity index (χ0v) is 34.4. The summed E-state index contributed by atoms with van der Waals surface area (Å²) in [5.41, 5.74) is 17.3. The molecule has 0 atom stereocenters. The minimum atomic E-state index is 0.920. The van der Waals surface area contributed by atoms with Crippen molar-refractivity contribution < 1.29 is 4.42 Å². The number of furan rings is 1. The van der Waals surface area contributed by atoms with Gasteiger partial charge in [-0.1, -0.05) is 164 Å². The Labute approximate surface area is 360 Å². The number of fused-ring (bicyclic) bond motifs is 3. The van der Waals surface area contributed by atoms with Gasteiger partial charge in [0.2, 0.25) is 0 Å². The quantitative estimate of drug-likeness (QED) is 0.145. The third kappa shape index (κ3) is 7.20. The predicted molar refractivity (Wildman–Crippen MR) is 260 cm³/mol. The van der Waals surface area contributed by atoms with Crippen molar-refractivity contribution in [2.75, 3.05) is 4.90 Å². The molecule has 290 valence electrons. The van der Waals surface area contributed by atoms with E-state index >= 15 is 0 Å². The molecule has 0 radical (unpaired) electrons. The van der Waals surface area contributed by atoms with Crippen molar-refractivity contribution in [1.29, 1.82) is 0 Å². The average Bonchev–Trinajstić information content (AvgIpc) is 3.99. The number of hydrogen-bond donors (Lipinski definition) is 0. The predicted octanol–water partition coefficient (Wildman–Crippen LogP) is 17.2. The summed E-state index contributed by atoms with van der Waals surface area (Å²) < 4.78 is 6.39. The Morgan fingerprint density at radius 3 is 1.46 bits per heavy atom. The van der Waals surface area contributed by atoms with Crippen LogP contribution < -0.4 is 4.90 Å². The third-order valence-electron chi connectivity index (χ3n) is 11.8. The van der Waals surface area contributed by atoms with Gasteiger partial charge in [0.1, 0.15) is 11.2 Å². The fourth-order valence-electron chi connectivity index (χ4n) is 8.58. The molecule has 0 bridgehead atoms. The van der Waals surface area contributed by atoms with E-state index in [9.17, 15) is 0 Å². The van der Waals surface area contributed by atoms with Crippen LogP contribution in [0.25, 0.3) is 81.8 Å². The van der Waals surface area contributed by atoms with Gasteiger partial charge in [0.25, 0.3) is 0 Å². The smallest absolute Gasteiger partial charge is 0.144 e. The zero-order chi connectivity index (χ0) is 40.5. The highest BCUT2D eigenvalue weighted by atomic mass is 32.1. The molecule has 0 spiro atoms. The Morgan fingerprint density at radius 1 is 0.377 bits per heavy atom. The lowest BCUT2D eigenvalue weighted by Crippen LogP contribution is -2.09. The summed E-state index contributed by atoms with van der Waals surface area (Å²) in [4.78, 5) is 4.76. The molecule has 0 unspecified atom stereocenters. The second-order valence-corrected chi connectivity index (χ2v) is 16.7. The van der Waals surface area contributed by atoms with Crippen LogP contribution in [0.5, 0.6) is 0 Å². The van der Waals surface area contributed by atoms with E-state index in [1.165, 1.54) is 59.8 Å². The molecule has 3 heteroatoms. The van der Waals surface area contributed by atoms with Gasteiger partial charge in [-0.3, -0.25) is 0 Å². The van der Waals surface area contributed by atoms with Crippen molar-refractivity contribution in [3.05, 3.63) is 230 Å². The number of allylic oxidation sites excluding steroid dienone is 4. The van der Waals surface area contributed by atoms with Crippen LogP contribution >= 0.6 is 11.3 Å². The lowest BCUT2D eigenvalue weighted by atomic mass is 9.97. The molecule has 2 nitrogen and oxygen atoms in total. The molecule has 2 heterocycles. The largest absolute Gasteiger partial charge is 0.455 e. The molecule has 1 aliphatic rings. The number of benzene rings is 8. The van der Waals surface area contributed by atoms with Crippen LogP contribution in [0.4, 0.5) is 17.1 Å². The van der Waals surface area contributed by atoms with Gasteiger partial charge >= 0.3 is 0 Å². The average molecular weight is 800 g/mol. The van der Waals surface area contributed by atoms with Gasteiger partial charge in [-0.2, -0.15) is 0 Å². The van der Waals surface area contributed by atoms with Gasteiger partial charge in [-0.25, -0.2) is 0 Å². The molecule has 0 aliphatic heterocycles. The summed E-state index contributed by atoms with van der Waals surface area (Å²) >= 11 is 1.80. The van der Waals surface area contributed by atoms with E-state index in [4.69, 9.17) is 4.42 Å². The van der Waals surface area contributed by atoms with Crippen LogP contribution in [0.2, 0.25) is 0 Å². The maximum atomic E-state index is 6.39. The maximum absolute atomic E-state index is 6.39. The molecule has 10 aromatic rings. The van der Waals surface area contributed by atoms with Crippen LogP contribution in [-0.2, 0) is 0 Å². The van der Waals surface area contributed by atoms with Crippen molar-refractivity contribution in [1.82, 2.24) is 0 Å². The number of thiophene rings is 1. The Kier molecular flexibility index (Phi) is 9.57. The van der Waals surface area contributed by atoms with Gasteiger partial charge in [0.05, 0.1) is 0 Å². The highest BCUT2D eigenvalue weighted by Gasteiger charge is 2.17. The van der Waals surface area contributed by atoms with Crippen molar-refractivity contribution in [3.8, 4) is 54.3 Å². The first-order valence-corrected chi connectivity index (χ1v) is 21.8. The molecule has 2 aromatic heterocycles. The first kappa shape index (κ1) is 36.6. The fraction of sp³-hybridized carbons (Fsp3) is 0.0345. The van der Waals surface area contributed by atoms with Gasteiger partial charge in [-0.15, -0.1) is 11.3 Å². The van der Waals surface area contributed by atoms with E-state index < -0.39 is 0 Å². The SMILES string of the molecule is C1=CC(c2ccc(-c3ccc(N(c4ccc(-c5ccc(-c6ccccc6)cc5)cc4)c4ccc(-c5ccc(-c6cccc7c6oc6ccccc67)s5)cc4)cc3)cc2)=CCC1. The van der Waals surface area contributed by atoms with E-state index in [0.29, 0.717) is 0 Å². The van der Waals surface area contributed by atoms with Crippen molar-refractivity contribution in [2.45, 2.75) is 12.8 Å². The van der Waals surface area contributed by atoms with Crippen LogP contribution in [0, 0.1) is 0 Å². The van der Waals surface area contributed by atoms with E-state index in [2.05, 4.69) is 217 Å². The van der Waals surface area contributed by atoms with Crippen LogP contribution in [0.3, 0.4) is 0 Å². The first-order chi connectivity index (χ1) is 30.2. The number of hydrogen-bond acceptors (Lipinski definition) is 3. The molecule has 0 saturated carbocycles. The van der Waals surface area contributed by atoms with E-state index in [0.717, 1.165) is 57.4 Å². The Hall–Kier alpha value is -7.46. The zero-order valence-electron chi connectivity index (χ0n) is 33.5. The summed E-state index contributed by atoms with van der Waals surface area (Å²) in [5.74, 6) is 0. The van der Waals surface area contributed by atoms with Crippen molar-refractivity contribution >= 4 is 55.9 Å². The van der Waals surface area contributed by atoms with Crippen LogP contribution in [0.1, 0.15) is 18.4 Å². The van der Waals surface area contributed by atoms with Gasteiger partial charge in [0.15, 0.2) is 0 Å². The molecule has 8 aromatic carbocycles. The summed E-state index contributed by atoms with van der Waals surface area (Å²) in [7, 11) is 0. The molecular weight excluding hydrogens is 759 g/mol. The monoisotopic (exact) mass is 799 g/mol. The molecule has 11 rings (SSSR count). The third-order valence-corrected chi connectivity index (χ3v) is 13.0. The Balaban J connectivity index is 0.905. The molecule has 1 aliphatic carbocycles. The molecule has 0 N–H and O–H groups in total. The standard InChI is InChI=1S/C58H41NOS/c1-3-10-40(11-4-1)42-18-22-44(23-19-42)46-26-32-49(33-27-46)59(50-34-28-47(29-35-50)45-24-20-43(21-25-45)41-12-5-2-6-13-41)51-36-30-48(31-37-51)56-38-39-57(61-56)54-16-9-15-53-52-14-7-8-17-55(52)60-58(53)54/h1,3-5,7-39H,2,6H2. The molecule has 0 fully saturated rings. The second kappa shape index (κ2) is 16.0. The normalized spacial score (nSPS) is 12.5. The van der Waals surface area contributed by atoms with Crippen LogP contribution in [-0.4, -0.2) is 0 Å². The van der Waals surface area contributed by atoms with Crippen molar-refractivity contribution in [2.24, 2.45) is 0 Å². The summed E-state index contributed by atoms with van der Waals surface area (Å²) in [6, 6.07) is 74.4. The van der Waals surface area contributed by atoms with E-state index in [-0.39, 0.29) is 0 Å². The second-order valence-electron chi connectivity index (χ2n) is 15.6. The maximum Gasteiger partial charge on any atom is 0.144 e. The van der Waals surface area contributed by atoms with E-state index in [1.807, 2.05) is 12.1 Å². The number of nitrogens with zero attached hydrogens (tertiary/aromatic N) is 1. The molecular formula is C58H41NOS. The first-order valence-electron chi connectivity index (χ1n) is 21.0. The fourth-order valence-corrected chi connectivity index (χ4v) is 9.61. The van der Waals surface area contributed by atoms with E-state index in [1.54, 1.807) is 11.3 Å². The number of anilines is 3. The van der Waals surface area contributed by atoms with Gasteiger partial charge < -0.3 is 9.32 Å². The number of para-hydroxylation sites is 2. The van der Waals surface area contributed by atoms with Gasteiger partial charge in [-0.05, 0) is 124 Å². The Morgan fingerprint density at radius 2 is 0.869 bits per heavy atom. The summed E-state index contributed by atoms with van der Waals surface area (Å²) in [6.07, 6.45) is 9.07. The highest BCUT2D eigenvalue weighted by molar-refractivity contribution is 7.18. The minimum Gasteiger partial charge on any atom is -0.455 e. The number of rotatable bonds is 9. The molecule has 0 saturated heterocycles. The van der Waals surface area contributed by atoms with Gasteiger partial charge in [0, 0.05) is 43.2 Å². The molecule has 61 heavy (non-hydrogen) atoms. The molecule has 0 amide bonds.